The predicted octanol–water partition coefficient (Wildman–Crippen LogP) is 5.81. The zero-order valence-corrected chi connectivity index (χ0v) is 16.6. The van der Waals surface area contributed by atoms with Crippen molar-refractivity contribution in [3.63, 3.8) is 0 Å². The van der Waals surface area contributed by atoms with Crippen molar-refractivity contribution in [2.24, 2.45) is 11.8 Å². The maximum absolute atomic E-state index is 8.56. The fraction of sp³-hybridized carbons (Fsp3) is 0.889. The van der Waals surface area contributed by atoms with E-state index in [4.69, 9.17) is 39.8 Å². The van der Waals surface area contributed by atoms with Gasteiger partial charge in [-0.3, -0.25) is 0 Å². The second-order valence-electron chi connectivity index (χ2n) is 5.97. The molecule has 0 radical (unpaired) electrons. The van der Waals surface area contributed by atoms with Gasteiger partial charge in [0.05, 0.1) is 13.2 Å². The van der Waals surface area contributed by atoms with Crippen molar-refractivity contribution in [2.75, 3.05) is 13.2 Å². The first-order valence-corrected chi connectivity index (χ1v) is 9.32. The van der Waals surface area contributed by atoms with Crippen LogP contribution in [0.25, 0.3) is 0 Å². The first kappa shape index (κ1) is 29.2. The fourth-order valence-electron chi connectivity index (χ4n) is 2.08. The Morgan fingerprint density at radius 3 is 1.15 bits per heavy atom. The van der Waals surface area contributed by atoms with E-state index < -0.39 is 12.3 Å². The van der Waals surface area contributed by atoms with Crippen LogP contribution in [0.3, 0.4) is 0 Å². The van der Waals surface area contributed by atoms with Crippen molar-refractivity contribution in [1.29, 1.82) is 0 Å². The third-order valence-electron chi connectivity index (χ3n) is 3.78. The lowest BCUT2D eigenvalue weighted by Gasteiger charge is -2.16. The summed E-state index contributed by atoms with van der Waals surface area (Å²) in [5, 5.41) is 27.9. The minimum Gasteiger partial charge on any atom is -0.450 e. The van der Waals surface area contributed by atoms with Gasteiger partial charge < -0.3 is 20.4 Å². The van der Waals surface area contributed by atoms with Crippen LogP contribution in [-0.4, -0.2) is 46.0 Å². The van der Waals surface area contributed by atoms with Crippen LogP contribution < -0.4 is 0 Å². The molecule has 0 aromatic heterocycles. The van der Waals surface area contributed by atoms with Crippen LogP contribution in [0.1, 0.15) is 79.1 Å². The minimum atomic E-state index is -1.83. The lowest BCUT2D eigenvalue weighted by atomic mass is 10.0. The average Bonchev–Trinajstić information content (AvgIpc) is 2.56. The van der Waals surface area contributed by atoms with E-state index >= 15 is 0 Å². The number of hydrogen-bond acceptors (Lipinski definition) is 4. The smallest absolute Gasteiger partial charge is 0.450 e. The van der Waals surface area contributed by atoms with E-state index in [2.05, 4.69) is 27.7 Å². The topological polar surface area (TPSA) is 134 Å². The summed E-state index contributed by atoms with van der Waals surface area (Å²) in [5.41, 5.74) is 0. The highest BCUT2D eigenvalue weighted by Gasteiger charge is 2.09. The van der Waals surface area contributed by atoms with Gasteiger partial charge in [0, 0.05) is 0 Å². The first-order chi connectivity index (χ1) is 12.2. The Kier molecular flexibility index (Phi) is 26.4. The molecule has 0 aromatic rings. The molecule has 0 aromatic carbocycles. The lowest BCUT2D eigenvalue weighted by molar-refractivity contribution is -0.308. The maximum atomic E-state index is 8.56. The molecule has 0 spiro atoms. The number of hydrogen-bond donors (Lipinski definition) is 4. The molecule has 0 aliphatic heterocycles. The van der Waals surface area contributed by atoms with Gasteiger partial charge >= 0.3 is 12.3 Å². The molecular weight excluding hydrogens is 344 g/mol. The summed E-state index contributed by atoms with van der Waals surface area (Å²) in [6.45, 7) is 10.5. The molecule has 0 heterocycles. The molecule has 0 aliphatic rings. The monoisotopic (exact) mass is 382 g/mol. The molecule has 0 saturated carbocycles. The zero-order chi connectivity index (χ0) is 20.8. The van der Waals surface area contributed by atoms with Crippen molar-refractivity contribution in [3.05, 3.63) is 0 Å². The van der Waals surface area contributed by atoms with Crippen molar-refractivity contribution in [1.82, 2.24) is 0 Å². The van der Waals surface area contributed by atoms with Crippen LogP contribution in [0.2, 0.25) is 0 Å². The Hall–Kier alpha value is -1.54. The van der Waals surface area contributed by atoms with Crippen molar-refractivity contribution in [2.45, 2.75) is 79.1 Å². The van der Waals surface area contributed by atoms with Gasteiger partial charge in [-0.15, -0.1) is 0 Å². The highest BCUT2D eigenvalue weighted by atomic mass is 17.2. The Balaban J connectivity index is -0.000000551. The summed E-state index contributed by atoms with van der Waals surface area (Å²) in [4.78, 5) is 27.9. The standard InChI is InChI=1S/C16H34O2.2CH2O3/c1-5-9-11-15(7-3)13-17-18-14-16(8-4)12-10-6-2;2*2-1(3)4/h15-16H,5-14H2,1-4H3;2*(H2,2,3,4). The molecule has 0 rings (SSSR count). The summed E-state index contributed by atoms with van der Waals surface area (Å²) in [5.74, 6) is 1.33. The maximum Gasteiger partial charge on any atom is 0.503 e. The Labute approximate surface area is 157 Å². The molecule has 4 N–H and O–H groups in total. The van der Waals surface area contributed by atoms with Crippen LogP contribution in [0.15, 0.2) is 0 Å². The van der Waals surface area contributed by atoms with Crippen LogP contribution >= 0.6 is 0 Å². The van der Waals surface area contributed by atoms with E-state index in [1.807, 2.05) is 0 Å². The van der Waals surface area contributed by atoms with E-state index in [0.29, 0.717) is 11.8 Å². The van der Waals surface area contributed by atoms with Gasteiger partial charge in [-0.05, 0) is 24.7 Å². The Bertz CT molecular complexity index is 272. The van der Waals surface area contributed by atoms with Crippen molar-refractivity contribution >= 4 is 12.3 Å². The molecule has 0 bridgehead atoms. The SMILES string of the molecule is CCCCC(CC)COOCC(CC)CCCC.O=C(O)O.O=C(O)O. The first-order valence-electron chi connectivity index (χ1n) is 9.32. The van der Waals surface area contributed by atoms with Gasteiger partial charge in [0.2, 0.25) is 0 Å². The molecule has 0 aliphatic carbocycles. The Morgan fingerprint density at radius 1 is 0.692 bits per heavy atom. The number of rotatable bonds is 13. The van der Waals surface area contributed by atoms with Gasteiger partial charge in [0.1, 0.15) is 0 Å². The van der Waals surface area contributed by atoms with E-state index in [-0.39, 0.29) is 0 Å². The molecule has 158 valence electrons. The summed E-state index contributed by atoms with van der Waals surface area (Å²) in [7, 11) is 0. The molecule has 2 unspecified atom stereocenters. The van der Waals surface area contributed by atoms with Crippen LogP contribution in [0.5, 0.6) is 0 Å². The second-order valence-corrected chi connectivity index (χ2v) is 5.97. The largest absolute Gasteiger partial charge is 0.503 e. The van der Waals surface area contributed by atoms with Crippen molar-refractivity contribution in [3.8, 4) is 0 Å². The molecule has 26 heavy (non-hydrogen) atoms. The quantitative estimate of drug-likeness (QED) is 0.178. The van der Waals surface area contributed by atoms with Gasteiger partial charge in [0.25, 0.3) is 0 Å². The summed E-state index contributed by atoms with van der Waals surface area (Å²) in [6.07, 6.45) is 6.39. The van der Waals surface area contributed by atoms with E-state index in [9.17, 15) is 0 Å². The molecular formula is C18H38O8. The fourth-order valence-corrected chi connectivity index (χ4v) is 2.08. The van der Waals surface area contributed by atoms with E-state index in [1.54, 1.807) is 0 Å². The summed E-state index contributed by atoms with van der Waals surface area (Å²) in [6, 6.07) is 0. The highest BCUT2D eigenvalue weighted by molar-refractivity contribution is 5.53. The predicted molar refractivity (Wildman–Crippen MR) is 99.8 cm³/mol. The van der Waals surface area contributed by atoms with Crippen molar-refractivity contribution < 1.29 is 39.8 Å². The minimum absolute atomic E-state index is 0.667. The molecule has 0 fully saturated rings. The molecule has 8 heteroatoms. The molecule has 8 nitrogen and oxygen atoms in total. The van der Waals surface area contributed by atoms with Gasteiger partial charge in [-0.25, -0.2) is 19.4 Å². The zero-order valence-electron chi connectivity index (χ0n) is 16.6. The normalized spacial score (nSPS) is 12.0. The van der Waals surface area contributed by atoms with Gasteiger partial charge in [-0.2, -0.15) is 0 Å². The van der Waals surface area contributed by atoms with Crippen LogP contribution in [0, 0.1) is 11.8 Å². The molecule has 2 atom stereocenters. The third-order valence-corrected chi connectivity index (χ3v) is 3.78. The number of unbranched alkanes of at least 4 members (excludes halogenated alkanes) is 2. The van der Waals surface area contributed by atoms with Crippen LogP contribution in [0.4, 0.5) is 9.59 Å². The average molecular weight is 382 g/mol. The number of carboxylic acid groups (broad SMARTS) is 4. The third kappa shape index (κ3) is 33.9. The second kappa shape index (κ2) is 23.5. The highest BCUT2D eigenvalue weighted by Crippen LogP contribution is 2.15. The Morgan fingerprint density at radius 2 is 0.962 bits per heavy atom. The van der Waals surface area contributed by atoms with Gasteiger partial charge in [-0.1, -0.05) is 66.2 Å². The lowest BCUT2D eigenvalue weighted by Crippen LogP contribution is -2.13. The van der Waals surface area contributed by atoms with E-state index in [0.717, 1.165) is 13.2 Å². The van der Waals surface area contributed by atoms with Crippen LogP contribution in [-0.2, 0) is 9.78 Å². The molecule has 0 amide bonds. The molecule has 0 saturated heterocycles. The summed E-state index contributed by atoms with van der Waals surface area (Å²) >= 11 is 0. The number of carbonyl (C=O) groups is 2. The summed E-state index contributed by atoms with van der Waals surface area (Å²) < 4.78 is 0. The van der Waals surface area contributed by atoms with E-state index in [1.165, 1.54) is 51.4 Å². The van der Waals surface area contributed by atoms with Gasteiger partial charge in [0.15, 0.2) is 0 Å².